The van der Waals surface area contributed by atoms with Gasteiger partial charge in [-0.05, 0) is 29.5 Å². The first-order valence-electron chi connectivity index (χ1n) is 6.87. The lowest BCUT2D eigenvalue weighted by Gasteiger charge is -2.04. The molecule has 0 unspecified atom stereocenters. The van der Waals surface area contributed by atoms with Crippen LogP contribution in [0.1, 0.15) is 18.2 Å². The Morgan fingerprint density at radius 2 is 1.60 bits per heavy atom. The van der Waals surface area contributed by atoms with Crippen molar-refractivity contribution in [2.45, 2.75) is 6.92 Å². The van der Waals surface area contributed by atoms with E-state index in [0.29, 0.717) is 0 Å². The summed E-state index contributed by atoms with van der Waals surface area (Å²) in [6, 6.07) is 21.2. The van der Waals surface area contributed by atoms with Crippen LogP contribution in [-0.2, 0) is 7.05 Å². The highest BCUT2D eigenvalue weighted by Crippen LogP contribution is 2.21. The van der Waals surface area contributed by atoms with Crippen molar-refractivity contribution in [3.63, 3.8) is 0 Å². The van der Waals surface area contributed by atoms with Crippen molar-refractivity contribution in [1.29, 1.82) is 0 Å². The molecular formula is C19H18N+. The molecule has 0 radical (unpaired) electrons. The molecule has 1 nitrogen and oxygen atoms in total. The van der Waals surface area contributed by atoms with Gasteiger partial charge >= 0.3 is 0 Å². The molecule has 0 fully saturated rings. The molecule has 0 saturated carbocycles. The van der Waals surface area contributed by atoms with E-state index in [9.17, 15) is 0 Å². The predicted octanol–water partition coefficient (Wildman–Crippen LogP) is 4.22. The van der Waals surface area contributed by atoms with Gasteiger partial charge in [0.2, 0.25) is 5.69 Å². The maximum absolute atomic E-state index is 2.26. The summed E-state index contributed by atoms with van der Waals surface area (Å²) in [5, 5.41) is 2.56. The number of aromatic nitrogens is 1. The number of nitrogens with zero attached hydrogens (tertiary/aromatic N) is 1. The fraction of sp³-hybridized carbons (Fsp3) is 0.105. The number of aryl methyl sites for hydroxylation is 1. The van der Waals surface area contributed by atoms with Crippen LogP contribution in [0.4, 0.5) is 0 Å². The molecule has 0 amide bonds. The molecule has 1 heterocycles. The summed E-state index contributed by atoms with van der Waals surface area (Å²) in [7, 11) is 2.09. The van der Waals surface area contributed by atoms with E-state index >= 15 is 0 Å². The van der Waals surface area contributed by atoms with Crippen LogP contribution < -0.4 is 4.57 Å². The van der Waals surface area contributed by atoms with E-state index in [1.54, 1.807) is 0 Å². The van der Waals surface area contributed by atoms with Crippen molar-refractivity contribution >= 4 is 22.4 Å². The number of rotatable bonds is 2. The minimum atomic E-state index is 1.24. The molecule has 0 spiro atoms. The standard InChI is InChI=1S/C19H18N/c1-15(16-8-4-3-5-9-16)14-19-18-11-7-6-10-17(18)12-13-20(19)2/h3-14H,1-2H3/q+1/b15-14+. The molecule has 3 aromatic rings. The van der Waals surface area contributed by atoms with Gasteiger partial charge in [0.15, 0.2) is 6.20 Å². The number of allylic oxidation sites excluding steroid dienone is 1. The van der Waals surface area contributed by atoms with E-state index in [1.807, 2.05) is 0 Å². The maximum Gasteiger partial charge on any atom is 0.213 e. The summed E-state index contributed by atoms with van der Waals surface area (Å²) in [6.45, 7) is 2.16. The van der Waals surface area contributed by atoms with Crippen LogP contribution >= 0.6 is 0 Å². The average molecular weight is 260 g/mol. The highest BCUT2D eigenvalue weighted by atomic mass is 14.9. The monoisotopic (exact) mass is 260 g/mol. The summed E-state index contributed by atoms with van der Waals surface area (Å²) in [6.07, 6.45) is 4.38. The summed E-state index contributed by atoms with van der Waals surface area (Å²) < 4.78 is 2.18. The van der Waals surface area contributed by atoms with Gasteiger partial charge in [0.05, 0.1) is 5.39 Å². The Morgan fingerprint density at radius 1 is 0.900 bits per heavy atom. The zero-order valence-electron chi connectivity index (χ0n) is 11.9. The van der Waals surface area contributed by atoms with Crippen LogP contribution in [0.2, 0.25) is 0 Å². The molecule has 20 heavy (non-hydrogen) atoms. The Balaban J connectivity index is 2.17. The number of benzene rings is 2. The zero-order chi connectivity index (χ0) is 13.9. The lowest BCUT2D eigenvalue weighted by Crippen LogP contribution is -2.31. The first kappa shape index (κ1) is 12.6. The van der Waals surface area contributed by atoms with Gasteiger partial charge in [0, 0.05) is 12.1 Å². The van der Waals surface area contributed by atoms with Crippen molar-refractivity contribution in [3.8, 4) is 0 Å². The van der Waals surface area contributed by atoms with Gasteiger partial charge in [-0.2, -0.15) is 0 Å². The first-order valence-corrected chi connectivity index (χ1v) is 6.87. The third kappa shape index (κ3) is 2.35. The molecular weight excluding hydrogens is 242 g/mol. The van der Waals surface area contributed by atoms with Gasteiger partial charge in [0.25, 0.3) is 0 Å². The average Bonchev–Trinajstić information content (AvgIpc) is 2.51. The number of hydrogen-bond donors (Lipinski definition) is 0. The van der Waals surface area contributed by atoms with Crippen molar-refractivity contribution < 1.29 is 4.57 Å². The lowest BCUT2D eigenvalue weighted by molar-refractivity contribution is -0.671. The molecule has 0 bridgehead atoms. The van der Waals surface area contributed by atoms with Crippen LogP contribution in [0.3, 0.4) is 0 Å². The SMILES string of the molecule is C/C(=C\c1c2ccccc2cc[n+]1C)c1ccccc1. The molecule has 0 aliphatic heterocycles. The van der Waals surface area contributed by atoms with Crippen LogP contribution in [0.25, 0.3) is 22.4 Å². The Bertz CT molecular complexity index is 770. The minimum Gasteiger partial charge on any atom is -0.201 e. The van der Waals surface area contributed by atoms with E-state index < -0.39 is 0 Å². The van der Waals surface area contributed by atoms with Crippen LogP contribution in [0.5, 0.6) is 0 Å². The van der Waals surface area contributed by atoms with Crippen molar-refractivity contribution in [2.24, 2.45) is 7.05 Å². The summed E-state index contributed by atoms with van der Waals surface area (Å²) in [4.78, 5) is 0. The van der Waals surface area contributed by atoms with Crippen LogP contribution in [0.15, 0.2) is 66.9 Å². The quantitative estimate of drug-likeness (QED) is 0.607. The topological polar surface area (TPSA) is 3.88 Å². The fourth-order valence-electron chi connectivity index (χ4n) is 2.51. The van der Waals surface area contributed by atoms with Crippen molar-refractivity contribution in [1.82, 2.24) is 0 Å². The third-order valence-corrected chi connectivity index (χ3v) is 3.68. The molecule has 0 atom stereocenters. The van der Waals surface area contributed by atoms with E-state index in [2.05, 4.69) is 91.5 Å². The zero-order valence-corrected chi connectivity index (χ0v) is 11.9. The van der Waals surface area contributed by atoms with E-state index in [0.717, 1.165) is 0 Å². The molecule has 3 rings (SSSR count). The van der Waals surface area contributed by atoms with Crippen molar-refractivity contribution in [2.75, 3.05) is 0 Å². The van der Waals surface area contributed by atoms with Gasteiger partial charge in [-0.25, -0.2) is 4.57 Å². The number of hydrogen-bond acceptors (Lipinski definition) is 0. The van der Waals surface area contributed by atoms with Gasteiger partial charge in [-0.1, -0.05) is 48.5 Å². The molecule has 0 saturated heterocycles. The number of pyridine rings is 1. The Morgan fingerprint density at radius 3 is 2.40 bits per heavy atom. The molecule has 1 aromatic heterocycles. The first-order chi connectivity index (χ1) is 9.75. The van der Waals surface area contributed by atoms with Gasteiger partial charge in [-0.15, -0.1) is 0 Å². The smallest absolute Gasteiger partial charge is 0.201 e. The Labute approximate surface area is 119 Å². The highest BCUT2D eigenvalue weighted by Gasteiger charge is 2.09. The molecule has 0 aliphatic rings. The maximum atomic E-state index is 2.26. The molecule has 98 valence electrons. The molecule has 1 heteroatoms. The Hall–Kier alpha value is -2.41. The summed E-state index contributed by atoms with van der Waals surface area (Å²) in [5.74, 6) is 0. The largest absolute Gasteiger partial charge is 0.213 e. The summed E-state index contributed by atoms with van der Waals surface area (Å²) >= 11 is 0. The normalized spacial score (nSPS) is 11.8. The van der Waals surface area contributed by atoms with E-state index in [-0.39, 0.29) is 0 Å². The van der Waals surface area contributed by atoms with Crippen LogP contribution in [-0.4, -0.2) is 0 Å². The molecule has 0 N–H and O–H groups in total. The summed E-state index contributed by atoms with van der Waals surface area (Å²) in [5.41, 5.74) is 3.78. The van der Waals surface area contributed by atoms with Crippen LogP contribution in [0, 0.1) is 0 Å². The Kier molecular flexibility index (Phi) is 3.34. The lowest BCUT2D eigenvalue weighted by atomic mass is 10.0. The van der Waals surface area contributed by atoms with E-state index in [4.69, 9.17) is 0 Å². The third-order valence-electron chi connectivity index (χ3n) is 3.68. The fourth-order valence-corrected chi connectivity index (χ4v) is 2.51. The van der Waals surface area contributed by atoms with Gasteiger partial charge in [0.1, 0.15) is 7.05 Å². The number of fused-ring (bicyclic) bond motifs is 1. The molecule has 2 aromatic carbocycles. The molecule has 0 aliphatic carbocycles. The van der Waals surface area contributed by atoms with Gasteiger partial charge in [-0.3, -0.25) is 0 Å². The van der Waals surface area contributed by atoms with E-state index in [1.165, 1.54) is 27.6 Å². The second-order valence-electron chi connectivity index (χ2n) is 5.09. The second kappa shape index (κ2) is 5.30. The van der Waals surface area contributed by atoms with Gasteiger partial charge < -0.3 is 0 Å². The van der Waals surface area contributed by atoms with Crippen molar-refractivity contribution in [3.05, 3.63) is 78.1 Å². The predicted molar refractivity (Wildman–Crippen MR) is 85.1 cm³/mol. The highest BCUT2D eigenvalue weighted by molar-refractivity contribution is 5.92. The minimum absolute atomic E-state index is 1.24. The second-order valence-corrected chi connectivity index (χ2v) is 5.09.